The normalized spacial score (nSPS) is 10.3. The summed E-state index contributed by atoms with van der Waals surface area (Å²) in [5, 5.41) is 2.80. The van der Waals surface area contributed by atoms with Gasteiger partial charge in [-0.2, -0.15) is 0 Å². The summed E-state index contributed by atoms with van der Waals surface area (Å²) in [6, 6.07) is 15.1. The lowest BCUT2D eigenvalue weighted by Gasteiger charge is -2.08. The Hall–Kier alpha value is -3.08. The van der Waals surface area contributed by atoms with E-state index in [0.29, 0.717) is 5.75 Å². The standard InChI is InChI=1S/C18H17N3O2/c1-13-2-8-16(9-3-13)23-12-17(22)21-15-6-4-14(5-7-15)18-19-10-11-20-18/h2-11H,12H2,1H3,(H,19,20)(H,21,22). The van der Waals surface area contributed by atoms with Crippen molar-refractivity contribution in [2.45, 2.75) is 6.92 Å². The number of carbonyl (C=O) groups excluding carboxylic acids is 1. The van der Waals surface area contributed by atoms with Crippen LogP contribution in [0.1, 0.15) is 5.56 Å². The van der Waals surface area contributed by atoms with Crippen LogP contribution >= 0.6 is 0 Å². The molecule has 0 spiro atoms. The number of ether oxygens (including phenoxy) is 1. The van der Waals surface area contributed by atoms with E-state index in [1.807, 2.05) is 55.5 Å². The number of aryl methyl sites for hydroxylation is 1. The summed E-state index contributed by atoms with van der Waals surface area (Å²) in [5.41, 5.74) is 2.83. The zero-order chi connectivity index (χ0) is 16.1. The van der Waals surface area contributed by atoms with Crippen LogP contribution < -0.4 is 10.1 Å². The molecule has 0 saturated carbocycles. The Balaban J connectivity index is 1.54. The minimum absolute atomic E-state index is 0.0248. The van der Waals surface area contributed by atoms with Gasteiger partial charge in [0.1, 0.15) is 11.6 Å². The van der Waals surface area contributed by atoms with Crippen molar-refractivity contribution in [2.24, 2.45) is 0 Å². The van der Waals surface area contributed by atoms with E-state index in [-0.39, 0.29) is 12.5 Å². The summed E-state index contributed by atoms with van der Waals surface area (Å²) in [6.45, 7) is 1.98. The van der Waals surface area contributed by atoms with E-state index in [0.717, 1.165) is 22.6 Å². The van der Waals surface area contributed by atoms with Gasteiger partial charge >= 0.3 is 0 Å². The van der Waals surface area contributed by atoms with Gasteiger partial charge in [0, 0.05) is 23.6 Å². The predicted molar refractivity (Wildman–Crippen MR) is 89.3 cm³/mol. The van der Waals surface area contributed by atoms with Gasteiger partial charge in [-0.3, -0.25) is 4.79 Å². The van der Waals surface area contributed by atoms with Crippen LogP contribution in [0.25, 0.3) is 11.4 Å². The van der Waals surface area contributed by atoms with Crippen LogP contribution in [0.4, 0.5) is 5.69 Å². The quantitative estimate of drug-likeness (QED) is 0.759. The molecular formula is C18H17N3O2. The molecule has 1 heterocycles. The number of H-pyrrole nitrogens is 1. The maximum Gasteiger partial charge on any atom is 0.262 e. The van der Waals surface area contributed by atoms with Crippen LogP contribution in [0.2, 0.25) is 0 Å². The van der Waals surface area contributed by atoms with E-state index in [4.69, 9.17) is 4.74 Å². The third kappa shape index (κ3) is 3.97. The first-order chi connectivity index (χ1) is 11.2. The molecule has 3 aromatic rings. The highest BCUT2D eigenvalue weighted by molar-refractivity contribution is 5.92. The number of nitrogens with one attached hydrogen (secondary N) is 2. The van der Waals surface area contributed by atoms with Crippen LogP contribution in [0.15, 0.2) is 60.9 Å². The van der Waals surface area contributed by atoms with Gasteiger partial charge in [0.15, 0.2) is 6.61 Å². The van der Waals surface area contributed by atoms with Crippen molar-refractivity contribution in [2.75, 3.05) is 11.9 Å². The van der Waals surface area contributed by atoms with E-state index in [1.54, 1.807) is 12.4 Å². The lowest BCUT2D eigenvalue weighted by atomic mass is 10.2. The van der Waals surface area contributed by atoms with E-state index in [9.17, 15) is 4.79 Å². The molecule has 0 aliphatic heterocycles. The monoisotopic (exact) mass is 307 g/mol. The molecule has 0 saturated heterocycles. The van der Waals surface area contributed by atoms with Crippen molar-refractivity contribution in [3.05, 3.63) is 66.5 Å². The Morgan fingerprint density at radius 2 is 1.87 bits per heavy atom. The number of nitrogens with zero attached hydrogens (tertiary/aromatic N) is 1. The number of rotatable bonds is 5. The zero-order valence-corrected chi connectivity index (χ0v) is 12.7. The molecule has 0 atom stereocenters. The molecule has 116 valence electrons. The molecule has 3 rings (SSSR count). The van der Waals surface area contributed by atoms with Gasteiger partial charge in [-0.25, -0.2) is 4.98 Å². The first-order valence-electron chi connectivity index (χ1n) is 7.30. The second-order valence-electron chi connectivity index (χ2n) is 5.17. The van der Waals surface area contributed by atoms with Crippen molar-refractivity contribution < 1.29 is 9.53 Å². The molecule has 0 unspecified atom stereocenters. The molecule has 1 amide bonds. The Morgan fingerprint density at radius 3 is 2.52 bits per heavy atom. The average Bonchev–Trinajstić information content (AvgIpc) is 3.09. The Bertz CT molecular complexity index is 763. The molecule has 0 aliphatic carbocycles. The Labute approximate surface area is 134 Å². The van der Waals surface area contributed by atoms with Crippen molar-refractivity contribution in [3.8, 4) is 17.1 Å². The number of carbonyl (C=O) groups is 1. The SMILES string of the molecule is Cc1ccc(OCC(=O)Nc2ccc(-c3ncc[nH]3)cc2)cc1. The van der Waals surface area contributed by atoms with E-state index >= 15 is 0 Å². The van der Waals surface area contributed by atoms with Gasteiger partial charge in [-0.15, -0.1) is 0 Å². The highest BCUT2D eigenvalue weighted by atomic mass is 16.5. The second-order valence-corrected chi connectivity index (χ2v) is 5.17. The van der Waals surface area contributed by atoms with Gasteiger partial charge in [-0.05, 0) is 43.3 Å². The summed E-state index contributed by atoms with van der Waals surface area (Å²) in [4.78, 5) is 19.1. The highest BCUT2D eigenvalue weighted by Crippen LogP contribution is 2.17. The highest BCUT2D eigenvalue weighted by Gasteiger charge is 2.05. The Morgan fingerprint density at radius 1 is 1.13 bits per heavy atom. The Kier molecular flexibility index (Phi) is 4.38. The molecular weight excluding hydrogens is 290 g/mol. The smallest absolute Gasteiger partial charge is 0.262 e. The molecule has 5 heteroatoms. The van der Waals surface area contributed by atoms with Crippen LogP contribution in [-0.2, 0) is 4.79 Å². The maximum atomic E-state index is 11.9. The first-order valence-corrected chi connectivity index (χ1v) is 7.30. The summed E-state index contributed by atoms with van der Waals surface area (Å²) < 4.78 is 5.45. The van der Waals surface area contributed by atoms with Crippen molar-refractivity contribution in [1.29, 1.82) is 0 Å². The van der Waals surface area contributed by atoms with Crippen molar-refractivity contribution in [3.63, 3.8) is 0 Å². The van der Waals surface area contributed by atoms with Gasteiger partial charge in [0.2, 0.25) is 0 Å². The number of aromatic nitrogens is 2. The van der Waals surface area contributed by atoms with Crippen molar-refractivity contribution in [1.82, 2.24) is 9.97 Å². The summed E-state index contributed by atoms with van der Waals surface area (Å²) in [5.74, 6) is 1.28. The molecule has 1 aromatic heterocycles. The fourth-order valence-corrected chi connectivity index (χ4v) is 2.12. The molecule has 0 radical (unpaired) electrons. The summed E-state index contributed by atoms with van der Waals surface area (Å²) >= 11 is 0. The lowest BCUT2D eigenvalue weighted by molar-refractivity contribution is -0.118. The maximum absolute atomic E-state index is 11.9. The molecule has 2 N–H and O–H groups in total. The molecule has 2 aromatic carbocycles. The van der Waals surface area contributed by atoms with E-state index < -0.39 is 0 Å². The number of amides is 1. The topological polar surface area (TPSA) is 67.0 Å². The number of benzene rings is 2. The van der Waals surface area contributed by atoms with Crippen LogP contribution in [0.5, 0.6) is 5.75 Å². The fraction of sp³-hybridized carbons (Fsp3) is 0.111. The summed E-state index contributed by atoms with van der Waals surface area (Å²) in [7, 11) is 0. The molecule has 0 fully saturated rings. The molecule has 5 nitrogen and oxygen atoms in total. The van der Waals surface area contributed by atoms with Gasteiger partial charge in [0.25, 0.3) is 5.91 Å². The number of hydrogen-bond acceptors (Lipinski definition) is 3. The van der Waals surface area contributed by atoms with Crippen LogP contribution in [0, 0.1) is 6.92 Å². The minimum Gasteiger partial charge on any atom is -0.484 e. The van der Waals surface area contributed by atoms with Crippen LogP contribution in [0.3, 0.4) is 0 Å². The third-order valence-corrected chi connectivity index (χ3v) is 3.33. The van der Waals surface area contributed by atoms with Crippen LogP contribution in [-0.4, -0.2) is 22.5 Å². The number of imidazole rings is 1. The predicted octanol–water partition coefficient (Wildman–Crippen LogP) is 3.40. The van der Waals surface area contributed by atoms with E-state index in [1.165, 1.54) is 0 Å². The first kappa shape index (κ1) is 14.8. The number of anilines is 1. The summed E-state index contributed by atoms with van der Waals surface area (Å²) in [6.07, 6.45) is 3.47. The number of aromatic amines is 1. The second kappa shape index (κ2) is 6.79. The molecule has 0 aliphatic rings. The fourth-order valence-electron chi connectivity index (χ4n) is 2.12. The third-order valence-electron chi connectivity index (χ3n) is 3.33. The van der Waals surface area contributed by atoms with Gasteiger partial charge in [-0.1, -0.05) is 17.7 Å². The minimum atomic E-state index is -0.198. The van der Waals surface area contributed by atoms with Crippen molar-refractivity contribution >= 4 is 11.6 Å². The molecule has 0 bridgehead atoms. The lowest BCUT2D eigenvalue weighted by Crippen LogP contribution is -2.20. The van der Waals surface area contributed by atoms with E-state index in [2.05, 4.69) is 15.3 Å². The number of hydrogen-bond donors (Lipinski definition) is 2. The largest absolute Gasteiger partial charge is 0.484 e. The van der Waals surface area contributed by atoms with Gasteiger partial charge in [0.05, 0.1) is 0 Å². The average molecular weight is 307 g/mol. The molecule has 23 heavy (non-hydrogen) atoms. The zero-order valence-electron chi connectivity index (χ0n) is 12.7. The van der Waals surface area contributed by atoms with Gasteiger partial charge < -0.3 is 15.0 Å².